The van der Waals surface area contributed by atoms with Crippen molar-refractivity contribution in [2.24, 2.45) is 17.3 Å². The number of hydrogen-bond acceptors (Lipinski definition) is 3. The second kappa shape index (κ2) is 6.52. The summed E-state index contributed by atoms with van der Waals surface area (Å²) in [4.78, 5) is 12.6. The van der Waals surface area contributed by atoms with E-state index in [1.807, 2.05) is 19.9 Å². The van der Waals surface area contributed by atoms with Crippen LogP contribution in [-0.2, 0) is 4.79 Å². The first kappa shape index (κ1) is 18.4. The van der Waals surface area contributed by atoms with E-state index in [1.165, 1.54) is 0 Å². The SMILES string of the molecule is CC1=CC[C@@H](O)C(C)=CC[C@]2(C)CC[C@](O)(C(C)C)C2CC1=O. The molecule has 0 aromatic carbocycles. The lowest BCUT2D eigenvalue weighted by atomic mass is 9.67. The number of rotatable bonds is 1. The van der Waals surface area contributed by atoms with E-state index >= 15 is 0 Å². The average molecular weight is 320 g/mol. The van der Waals surface area contributed by atoms with Crippen LogP contribution in [0.3, 0.4) is 0 Å². The molecule has 0 spiro atoms. The summed E-state index contributed by atoms with van der Waals surface area (Å²) >= 11 is 0. The van der Waals surface area contributed by atoms with Gasteiger partial charge in [-0.3, -0.25) is 4.79 Å². The van der Waals surface area contributed by atoms with E-state index in [-0.39, 0.29) is 23.0 Å². The molecule has 0 aromatic rings. The van der Waals surface area contributed by atoms with E-state index in [1.54, 1.807) is 0 Å². The van der Waals surface area contributed by atoms with Crippen LogP contribution >= 0.6 is 0 Å². The van der Waals surface area contributed by atoms with Crippen molar-refractivity contribution >= 4 is 5.78 Å². The van der Waals surface area contributed by atoms with Crippen molar-refractivity contribution < 1.29 is 15.0 Å². The summed E-state index contributed by atoms with van der Waals surface area (Å²) < 4.78 is 0. The molecule has 0 bridgehead atoms. The number of carbonyl (C=O) groups is 1. The number of allylic oxidation sites excluding steroid dienone is 2. The van der Waals surface area contributed by atoms with Gasteiger partial charge in [0.25, 0.3) is 0 Å². The van der Waals surface area contributed by atoms with Crippen LogP contribution in [0.5, 0.6) is 0 Å². The molecule has 2 rings (SSSR count). The van der Waals surface area contributed by atoms with Crippen LogP contribution in [0.25, 0.3) is 0 Å². The highest BCUT2D eigenvalue weighted by molar-refractivity contribution is 5.95. The number of aliphatic hydroxyl groups excluding tert-OH is 1. The highest BCUT2D eigenvalue weighted by Crippen LogP contribution is 2.56. The minimum atomic E-state index is -0.779. The summed E-state index contributed by atoms with van der Waals surface area (Å²) in [6.45, 7) is 10.1. The summed E-state index contributed by atoms with van der Waals surface area (Å²) in [5.74, 6) is 0.200. The Labute approximate surface area is 140 Å². The molecular formula is C20H32O3. The molecule has 2 N–H and O–H groups in total. The average Bonchev–Trinajstić information content (AvgIpc) is 2.75. The van der Waals surface area contributed by atoms with Crippen molar-refractivity contribution in [3.05, 3.63) is 23.3 Å². The lowest BCUT2D eigenvalue weighted by molar-refractivity contribution is -0.122. The maximum Gasteiger partial charge on any atom is 0.158 e. The number of carbonyl (C=O) groups excluding carboxylic acids is 1. The van der Waals surface area contributed by atoms with E-state index in [2.05, 4.69) is 26.8 Å². The molecule has 0 aliphatic heterocycles. The van der Waals surface area contributed by atoms with Gasteiger partial charge in [0.1, 0.15) is 0 Å². The van der Waals surface area contributed by atoms with Gasteiger partial charge in [-0.25, -0.2) is 0 Å². The fourth-order valence-electron chi connectivity index (χ4n) is 4.26. The van der Waals surface area contributed by atoms with Gasteiger partial charge in [-0.1, -0.05) is 32.9 Å². The first-order chi connectivity index (χ1) is 10.6. The van der Waals surface area contributed by atoms with E-state index < -0.39 is 11.7 Å². The first-order valence-corrected chi connectivity index (χ1v) is 8.87. The van der Waals surface area contributed by atoms with Gasteiger partial charge in [-0.05, 0) is 62.0 Å². The van der Waals surface area contributed by atoms with Gasteiger partial charge in [-0.15, -0.1) is 0 Å². The molecule has 0 radical (unpaired) electrons. The van der Waals surface area contributed by atoms with Crippen molar-refractivity contribution in [2.45, 2.75) is 78.4 Å². The Morgan fingerprint density at radius 2 is 1.87 bits per heavy atom. The zero-order valence-corrected chi connectivity index (χ0v) is 15.2. The predicted octanol–water partition coefficient (Wildman–Crippen LogP) is 3.80. The van der Waals surface area contributed by atoms with Crippen LogP contribution in [-0.4, -0.2) is 27.7 Å². The summed E-state index contributed by atoms with van der Waals surface area (Å²) in [5.41, 5.74) is 0.793. The Kier molecular flexibility index (Phi) is 5.22. The quantitative estimate of drug-likeness (QED) is 0.723. The van der Waals surface area contributed by atoms with Crippen LogP contribution in [0, 0.1) is 17.3 Å². The number of ketones is 1. The van der Waals surface area contributed by atoms with Gasteiger partial charge >= 0.3 is 0 Å². The summed E-state index contributed by atoms with van der Waals surface area (Å²) in [6, 6.07) is 0. The van der Waals surface area contributed by atoms with Gasteiger partial charge in [0.2, 0.25) is 0 Å². The number of aliphatic hydroxyl groups is 2. The summed E-state index contributed by atoms with van der Waals surface area (Å²) in [5, 5.41) is 21.5. The Bertz CT molecular complexity index is 531. The molecule has 0 aromatic heterocycles. The van der Waals surface area contributed by atoms with E-state index in [9.17, 15) is 15.0 Å². The number of fused-ring (bicyclic) bond motifs is 1. The monoisotopic (exact) mass is 320 g/mol. The predicted molar refractivity (Wildman–Crippen MR) is 93.0 cm³/mol. The minimum Gasteiger partial charge on any atom is -0.389 e. The van der Waals surface area contributed by atoms with E-state index in [4.69, 9.17) is 0 Å². The molecule has 23 heavy (non-hydrogen) atoms. The normalized spacial score (nSPS) is 39.6. The van der Waals surface area contributed by atoms with Crippen LogP contribution in [0.4, 0.5) is 0 Å². The smallest absolute Gasteiger partial charge is 0.158 e. The number of hydrogen-bond donors (Lipinski definition) is 2. The summed E-state index contributed by atoms with van der Waals surface area (Å²) in [7, 11) is 0. The Morgan fingerprint density at radius 3 is 2.48 bits per heavy atom. The van der Waals surface area contributed by atoms with Crippen molar-refractivity contribution in [2.75, 3.05) is 0 Å². The Balaban J connectivity index is 2.45. The molecule has 1 unspecified atom stereocenters. The Hall–Kier alpha value is -0.930. The molecule has 3 nitrogen and oxygen atoms in total. The molecule has 0 heterocycles. The van der Waals surface area contributed by atoms with Crippen molar-refractivity contribution in [1.29, 1.82) is 0 Å². The molecule has 1 saturated carbocycles. The third kappa shape index (κ3) is 3.46. The second-order valence-electron chi connectivity index (χ2n) is 8.27. The zero-order valence-electron chi connectivity index (χ0n) is 15.2. The topological polar surface area (TPSA) is 57.5 Å². The van der Waals surface area contributed by atoms with Gasteiger partial charge < -0.3 is 10.2 Å². The molecule has 2 aliphatic carbocycles. The van der Waals surface area contributed by atoms with Crippen LogP contribution in [0.15, 0.2) is 23.3 Å². The maximum atomic E-state index is 12.6. The van der Waals surface area contributed by atoms with E-state index in [0.29, 0.717) is 18.4 Å². The lowest BCUT2D eigenvalue weighted by Gasteiger charge is -2.40. The number of Topliss-reactive ketones (excluding diaryl/α,β-unsaturated/α-hetero) is 1. The van der Waals surface area contributed by atoms with Crippen molar-refractivity contribution in [1.82, 2.24) is 0 Å². The van der Waals surface area contributed by atoms with Crippen LogP contribution in [0.1, 0.15) is 66.7 Å². The van der Waals surface area contributed by atoms with Gasteiger partial charge in [-0.2, -0.15) is 0 Å². The molecule has 2 aliphatic rings. The third-order valence-corrected chi connectivity index (χ3v) is 6.43. The third-order valence-electron chi connectivity index (χ3n) is 6.43. The molecule has 130 valence electrons. The summed E-state index contributed by atoms with van der Waals surface area (Å²) in [6.07, 6.45) is 6.79. The fourth-order valence-corrected chi connectivity index (χ4v) is 4.26. The maximum absolute atomic E-state index is 12.6. The highest BCUT2D eigenvalue weighted by atomic mass is 16.3. The largest absolute Gasteiger partial charge is 0.389 e. The molecule has 3 heteroatoms. The highest BCUT2D eigenvalue weighted by Gasteiger charge is 2.55. The van der Waals surface area contributed by atoms with Gasteiger partial charge in [0.05, 0.1) is 11.7 Å². The van der Waals surface area contributed by atoms with Gasteiger partial charge in [0.15, 0.2) is 5.78 Å². The molecular weight excluding hydrogens is 288 g/mol. The molecule has 0 amide bonds. The Morgan fingerprint density at radius 1 is 1.22 bits per heavy atom. The fraction of sp³-hybridized carbons (Fsp3) is 0.750. The molecule has 0 saturated heterocycles. The first-order valence-electron chi connectivity index (χ1n) is 8.87. The standard InChI is InChI=1S/C20H32O3/c1-13(2)20(23)11-10-19(5)9-8-15(4)16(21)7-6-14(3)17(22)12-18(19)20/h6,8,13,16,18,21,23H,7,9-12H2,1-5H3/t16-,18?,19-,20+/m1/s1. The zero-order chi connectivity index (χ0) is 17.4. The van der Waals surface area contributed by atoms with Crippen molar-refractivity contribution in [3.63, 3.8) is 0 Å². The van der Waals surface area contributed by atoms with Crippen LogP contribution in [0.2, 0.25) is 0 Å². The minimum absolute atomic E-state index is 0.0369. The molecule has 1 fully saturated rings. The van der Waals surface area contributed by atoms with Crippen LogP contribution < -0.4 is 0 Å². The van der Waals surface area contributed by atoms with Crippen molar-refractivity contribution in [3.8, 4) is 0 Å². The lowest BCUT2D eigenvalue weighted by Crippen LogP contribution is -2.44. The molecule has 4 atom stereocenters. The van der Waals surface area contributed by atoms with Gasteiger partial charge in [0, 0.05) is 12.3 Å². The second-order valence-corrected chi connectivity index (χ2v) is 8.27. The van der Waals surface area contributed by atoms with E-state index in [0.717, 1.165) is 24.8 Å².